The zero-order valence-corrected chi connectivity index (χ0v) is 17.1. The normalized spacial score (nSPS) is 23.0. The molecule has 1 saturated carbocycles. The molecule has 0 aromatic heterocycles. The molecule has 0 spiro atoms. The number of carbonyl (C=O) groups is 3. The number of nitrogens with zero attached hydrogens (tertiary/aromatic N) is 1. The molecule has 3 amide bonds. The summed E-state index contributed by atoms with van der Waals surface area (Å²) in [5.74, 6) is -0.392. The summed E-state index contributed by atoms with van der Waals surface area (Å²) in [5.41, 5.74) is 7.72. The molecule has 3 N–H and O–H groups in total. The lowest BCUT2D eigenvalue weighted by Crippen LogP contribution is -2.47. The van der Waals surface area contributed by atoms with Crippen LogP contribution in [0.4, 0.5) is 5.69 Å². The van der Waals surface area contributed by atoms with Crippen molar-refractivity contribution in [2.24, 2.45) is 11.7 Å². The van der Waals surface area contributed by atoms with Gasteiger partial charge in [-0.1, -0.05) is 31.0 Å². The van der Waals surface area contributed by atoms with E-state index >= 15 is 0 Å². The van der Waals surface area contributed by atoms with Crippen molar-refractivity contribution in [3.63, 3.8) is 0 Å². The zero-order chi connectivity index (χ0) is 21.3. The molecule has 4 rings (SSSR count). The lowest BCUT2D eigenvalue weighted by Gasteiger charge is -2.33. The van der Waals surface area contributed by atoms with Gasteiger partial charge in [0.25, 0.3) is 5.91 Å². The van der Waals surface area contributed by atoms with Gasteiger partial charge in [-0.25, -0.2) is 0 Å². The average Bonchev–Trinajstić information content (AvgIpc) is 3.13. The third-order valence-corrected chi connectivity index (χ3v) is 6.41. The van der Waals surface area contributed by atoms with Crippen LogP contribution in [0.25, 0.3) is 0 Å². The fourth-order valence-corrected chi connectivity index (χ4v) is 4.96. The molecule has 1 aliphatic carbocycles. The largest absolute Gasteiger partial charge is 0.366 e. The Morgan fingerprint density at radius 2 is 1.77 bits per heavy atom. The van der Waals surface area contributed by atoms with Crippen molar-refractivity contribution in [3.05, 3.63) is 65.2 Å². The van der Waals surface area contributed by atoms with Gasteiger partial charge in [-0.05, 0) is 68.0 Å². The smallest absolute Gasteiger partial charge is 0.254 e. The lowest BCUT2D eigenvalue weighted by molar-refractivity contribution is -0.120. The highest BCUT2D eigenvalue weighted by Gasteiger charge is 2.47. The Kier molecular flexibility index (Phi) is 5.57. The molecule has 0 bridgehead atoms. The van der Waals surface area contributed by atoms with Crippen LogP contribution in [-0.2, 0) is 4.79 Å². The number of rotatable bonds is 4. The molecular formula is C24H27N3O3. The van der Waals surface area contributed by atoms with E-state index in [1.807, 2.05) is 23.1 Å². The zero-order valence-electron chi connectivity index (χ0n) is 17.1. The Morgan fingerprint density at radius 3 is 2.47 bits per heavy atom. The SMILES string of the molecule is Cc1cc(NC(=O)C2CC3CCCCC3N2C(=O)c2ccccc2)ccc1C(N)=O. The van der Waals surface area contributed by atoms with Crippen molar-refractivity contribution in [1.82, 2.24) is 4.90 Å². The maximum atomic E-state index is 13.3. The molecule has 3 atom stereocenters. The Morgan fingerprint density at radius 1 is 1.03 bits per heavy atom. The van der Waals surface area contributed by atoms with Gasteiger partial charge >= 0.3 is 0 Å². The van der Waals surface area contributed by atoms with Crippen LogP contribution in [-0.4, -0.2) is 34.7 Å². The van der Waals surface area contributed by atoms with E-state index in [4.69, 9.17) is 5.73 Å². The van der Waals surface area contributed by atoms with E-state index in [1.54, 1.807) is 37.3 Å². The summed E-state index contributed by atoms with van der Waals surface area (Å²) in [6.45, 7) is 1.78. The minimum atomic E-state index is -0.498. The third kappa shape index (κ3) is 3.82. The quantitative estimate of drug-likeness (QED) is 0.815. The van der Waals surface area contributed by atoms with E-state index in [-0.39, 0.29) is 17.9 Å². The minimum Gasteiger partial charge on any atom is -0.366 e. The van der Waals surface area contributed by atoms with E-state index < -0.39 is 11.9 Å². The van der Waals surface area contributed by atoms with Crippen LogP contribution in [0.15, 0.2) is 48.5 Å². The van der Waals surface area contributed by atoms with Gasteiger partial charge in [-0.3, -0.25) is 14.4 Å². The van der Waals surface area contributed by atoms with Gasteiger partial charge < -0.3 is 16.0 Å². The average molecular weight is 405 g/mol. The molecule has 2 fully saturated rings. The number of fused-ring (bicyclic) bond motifs is 1. The maximum absolute atomic E-state index is 13.3. The van der Waals surface area contributed by atoms with Crippen LogP contribution < -0.4 is 11.1 Å². The van der Waals surface area contributed by atoms with Crippen molar-refractivity contribution in [3.8, 4) is 0 Å². The van der Waals surface area contributed by atoms with Gasteiger partial charge in [0.15, 0.2) is 0 Å². The Hall–Kier alpha value is -3.15. The minimum absolute atomic E-state index is 0.0783. The first-order valence-electron chi connectivity index (χ1n) is 10.5. The first-order chi connectivity index (χ1) is 14.5. The number of likely N-dealkylation sites (tertiary alicyclic amines) is 1. The number of nitrogens with two attached hydrogens (primary N) is 1. The number of hydrogen-bond donors (Lipinski definition) is 2. The summed E-state index contributed by atoms with van der Waals surface area (Å²) >= 11 is 0. The van der Waals surface area contributed by atoms with Gasteiger partial charge in [0.1, 0.15) is 6.04 Å². The molecule has 6 nitrogen and oxygen atoms in total. The molecule has 6 heteroatoms. The maximum Gasteiger partial charge on any atom is 0.254 e. The molecule has 1 aliphatic heterocycles. The Balaban J connectivity index is 1.59. The second kappa shape index (κ2) is 8.30. The summed E-state index contributed by atoms with van der Waals surface area (Å²) in [7, 11) is 0. The predicted octanol–water partition coefficient (Wildman–Crippen LogP) is 3.51. The van der Waals surface area contributed by atoms with Gasteiger partial charge in [-0.15, -0.1) is 0 Å². The van der Waals surface area contributed by atoms with Crippen molar-refractivity contribution in [2.45, 2.75) is 51.1 Å². The summed E-state index contributed by atoms with van der Waals surface area (Å²) in [4.78, 5) is 39.8. The van der Waals surface area contributed by atoms with E-state index in [0.29, 0.717) is 34.7 Å². The van der Waals surface area contributed by atoms with E-state index in [9.17, 15) is 14.4 Å². The molecule has 156 valence electrons. The van der Waals surface area contributed by atoms with E-state index in [0.717, 1.165) is 25.7 Å². The van der Waals surface area contributed by atoms with Gasteiger partial charge in [0.05, 0.1) is 0 Å². The molecular weight excluding hydrogens is 378 g/mol. The first kappa shape index (κ1) is 20.1. The fourth-order valence-electron chi connectivity index (χ4n) is 4.96. The van der Waals surface area contributed by atoms with Gasteiger partial charge in [0, 0.05) is 22.9 Å². The molecule has 2 aliphatic rings. The van der Waals surface area contributed by atoms with Crippen molar-refractivity contribution in [1.29, 1.82) is 0 Å². The topological polar surface area (TPSA) is 92.5 Å². The number of benzene rings is 2. The number of aryl methyl sites for hydroxylation is 1. The highest BCUT2D eigenvalue weighted by Crippen LogP contribution is 2.40. The molecule has 1 saturated heterocycles. The second-order valence-corrected chi connectivity index (χ2v) is 8.33. The first-order valence-corrected chi connectivity index (χ1v) is 10.5. The molecule has 30 heavy (non-hydrogen) atoms. The molecule has 2 aromatic carbocycles. The van der Waals surface area contributed by atoms with Crippen LogP contribution in [0, 0.1) is 12.8 Å². The number of anilines is 1. The van der Waals surface area contributed by atoms with Crippen LogP contribution in [0.3, 0.4) is 0 Å². The van der Waals surface area contributed by atoms with Crippen molar-refractivity contribution < 1.29 is 14.4 Å². The van der Waals surface area contributed by atoms with E-state index in [2.05, 4.69) is 5.32 Å². The van der Waals surface area contributed by atoms with Gasteiger partial charge in [-0.2, -0.15) is 0 Å². The number of nitrogens with one attached hydrogen (secondary N) is 1. The predicted molar refractivity (Wildman–Crippen MR) is 115 cm³/mol. The number of amides is 3. The third-order valence-electron chi connectivity index (χ3n) is 6.41. The molecule has 2 aromatic rings. The van der Waals surface area contributed by atoms with Crippen LogP contribution >= 0.6 is 0 Å². The van der Waals surface area contributed by atoms with Crippen LogP contribution in [0.2, 0.25) is 0 Å². The summed E-state index contributed by atoms with van der Waals surface area (Å²) < 4.78 is 0. The number of carbonyl (C=O) groups excluding carboxylic acids is 3. The highest BCUT2D eigenvalue weighted by atomic mass is 16.2. The number of hydrogen-bond acceptors (Lipinski definition) is 3. The summed E-state index contributed by atoms with van der Waals surface area (Å²) in [5, 5.41) is 2.95. The molecule has 1 heterocycles. The summed E-state index contributed by atoms with van der Waals surface area (Å²) in [6.07, 6.45) is 4.92. The van der Waals surface area contributed by atoms with Crippen molar-refractivity contribution >= 4 is 23.4 Å². The molecule has 3 unspecified atom stereocenters. The monoisotopic (exact) mass is 405 g/mol. The van der Waals surface area contributed by atoms with Gasteiger partial charge in [0.2, 0.25) is 11.8 Å². The number of primary amides is 1. The van der Waals surface area contributed by atoms with Crippen LogP contribution in [0.1, 0.15) is 58.4 Å². The van der Waals surface area contributed by atoms with Crippen molar-refractivity contribution in [2.75, 3.05) is 5.32 Å². The lowest BCUT2D eigenvalue weighted by atomic mass is 9.84. The standard InChI is InChI=1S/C24H27N3O3/c1-15-13-18(11-12-19(15)22(25)28)26-23(29)21-14-17-9-5-6-10-20(17)27(21)24(30)16-7-3-2-4-8-16/h2-4,7-8,11-13,17,20-21H,5-6,9-10,14H2,1H3,(H2,25,28)(H,26,29). The fraction of sp³-hybridized carbons (Fsp3) is 0.375. The Labute approximate surface area is 176 Å². The van der Waals surface area contributed by atoms with Crippen LogP contribution in [0.5, 0.6) is 0 Å². The Bertz CT molecular complexity index is 973. The second-order valence-electron chi connectivity index (χ2n) is 8.33. The van der Waals surface area contributed by atoms with E-state index in [1.165, 1.54) is 0 Å². The highest BCUT2D eigenvalue weighted by molar-refractivity contribution is 6.02. The molecule has 0 radical (unpaired) electrons. The summed E-state index contributed by atoms with van der Waals surface area (Å²) in [6, 6.07) is 13.8.